The lowest BCUT2D eigenvalue weighted by molar-refractivity contribution is -0.120. The number of benzene rings is 1. The van der Waals surface area contributed by atoms with Gasteiger partial charge in [0.2, 0.25) is 15.9 Å². The van der Waals surface area contributed by atoms with Crippen LogP contribution in [0.4, 0.5) is 5.69 Å². The van der Waals surface area contributed by atoms with Crippen LogP contribution in [0, 0.1) is 0 Å². The predicted molar refractivity (Wildman–Crippen MR) is 92.7 cm³/mol. The molecule has 0 saturated heterocycles. The Hall–Kier alpha value is -1.47. The van der Waals surface area contributed by atoms with Crippen molar-refractivity contribution >= 4 is 33.2 Å². The van der Waals surface area contributed by atoms with Gasteiger partial charge in [-0.05, 0) is 24.6 Å². The second kappa shape index (κ2) is 8.98. The predicted octanol–water partition coefficient (Wildman–Crippen LogP) is 2.42. The highest BCUT2D eigenvalue weighted by atomic mass is 35.5. The first-order valence-electron chi connectivity index (χ1n) is 7.37. The van der Waals surface area contributed by atoms with Gasteiger partial charge in [0.25, 0.3) is 0 Å². The van der Waals surface area contributed by atoms with E-state index in [2.05, 4.69) is 5.32 Å². The van der Waals surface area contributed by atoms with Gasteiger partial charge in [-0.15, -0.1) is 0 Å². The number of nitrogens with zero attached hydrogens (tertiary/aromatic N) is 1. The Kier molecular flexibility index (Phi) is 7.64. The Morgan fingerprint density at radius 2 is 2.09 bits per heavy atom. The minimum absolute atomic E-state index is 0.0550. The number of sulfonamides is 1. The average Bonchev–Trinajstić information content (AvgIpc) is 2.46. The number of anilines is 1. The first-order valence-corrected chi connectivity index (χ1v) is 9.60. The summed E-state index contributed by atoms with van der Waals surface area (Å²) in [6.45, 7) is 2.69. The Balaban J connectivity index is 2.82. The molecular weight excluding hydrogens is 340 g/mol. The fraction of sp³-hybridized carbons (Fsp3) is 0.533. The van der Waals surface area contributed by atoms with E-state index in [0.29, 0.717) is 23.0 Å². The van der Waals surface area contributed by atoms with Crippen molar-refractivity contribution in [2.75, 3.05) is 30.8 Å². The first kappa shape index (κ1) is 19.6. The number of methoxy groups -OCH3 is 1. The smallest absolute Gasteiger partial charge is 0.232 e. The van der Waals surface area contributed by atoms with Crippen molar-refractivity contribution in [2.24, 2.45) is 0 Å². The highest BCUT2D eigenvalue weighted by Crippen LogP contribution is 2.30. The molecule has 0 spiro atoms. The third kappa shape index (κ3) is 6.27. The number of halogens is 1. The van der Waals surface area contributed by atoms with E-state index >= 15 is 0 Å². The van der Waals surface area contributed by atoms with E-state index in [9.17, 15) is 13.2 Å². The lowest BCUT2D eigenvalue weighted by Crippen LogP contribution is -2.34. The molecule has 1 aromatic carbocycles. The van der Waals surface area contributed by atoms with Gasteiger partial charge in [-0.2, -0.15) is 0 Å². The summed E-state index contributed by atoms with van der Waals surface area (Å²) in [5, 5.41) is 3.08. The number of hydrogen-bond donors (Lipinski definition) is 1. The van der Waals surface area contributed by atoms with Gasteiger partial charge in [0.05, 0.1) is 24.1 Å². The van der Waals surface area contributed by atoms with Gasteiger partial charge in [-0.1, -0.05) is 24.9 Å². The van der Waals surface area contributed by atoms with E-state index in [1.165, 1.54) is 13.2 Å². The van der Waals surface area contributed by atoms with Crippen molar-refractivity contribution in [1.29, 1.82) is 0 Å². The molecule has 1 aromatic rings. The van der Waals surface area contributed by atoms with Crippen molar-refractivity contribution in [2.45, 2.75) is 26.2 Å². The Morgan fingerprint density at radius 1 is 1.39 bits per heavy atom. The van der Waals surface area contributed by atoms with Crippen LogP contribution < -0.4 is 14.4 Å². The molecule has 23 heavy (non-hydrogen) atoms. The van der Waals surface area contributed by atoms with Crippen LogP contribution in [-0.2, 0) is 14.8 Å². The number of rotatable bonds is 9. The van der Waals surface area contributed by atoms with E-state index in [0.717, 1.165) is 23.4 Å². The Labute approximate surface area is 142 Å². The number of carbonyl (C=O) groups excluding carboxylic acids is 1. The summed E-state index contributed by atoms with van der Waals surface area (Å²) in [6, 6.07) is 4.70. The minimum Gasteiger partial charge on any atom is -0.495 e. The van der Waals surface area contributed by atoms with Crippen molar-refractivity contribution in [3.05, 3.63) is 23.2 Å². The van der Waals surface area contributed by atoms with E-state index in [4.69, 9.17) is 16.3 Å². The minimum atomic E-state index is -3.52. The lowest BCUT2D eigenvalue weighted by Gasteiger charge is -2.22. The Bertz CT molecular complexity index is 634. The van der Waals surface area contributed by atoms with Gasteiger partial charge in [0.15, 0.2) is 0 Å². The third-order valence-electron chi connectivity index (χ3n) is 3.22. The topological polar surface area (TPSA) is 75.7 Å². The Morgan fingerprint density at radius 3 is 2.61 bits per heavy atom. The van der Waals surface area contributed by atoms with Gasteiger partial charge >= 0.3 is 0 Å². The molecule has 0 unspecified atom stereocenters. The molecule has 0 radical (unpaired) electrons. The van der Waals surface area contributed by atoms with E-state index in [-0.39, 0.29) is 18.9 Å². The largest absolute Gasteiger partial charge is 0.495 e. The zero-order valence-electron chi connectivity index (χ0n) is 13.6. The van der Waals surface area contributed by atoms with Gasteiger partial charge in [-0.25, -0.2) is 8.42 Å². The van der Waals surface area contributed by atoms with Crippen LogP contribution in [0.15, 0.2) is 18.2 Å². The highest BCUT2D eigenvalue weighted by molar-refractivity contribution is 7.92. The molecule has 0 aliphatic heterocycles. The summed E-state index contributed by atoms with van der Waals surface area (Å²) in [5.74, 6) is 0.285. The normalized spacial score (nSPS) is 11.1. The molecular formula is C15H23ClN2O4S. The number of hydrogen-bond acceptors (Lipinski definition) is 4. The van der Waals surface area contributed by atoms with Crippen molar-refractivity contribution in [3.63, 3.8) is 0 Å². The molecule has 1 rings (SSSR count). The van der Waals surface area contributed by atoms with Crippen LogP contribution in [0.3, 0.4) is 0 Å². The molecule has 130 valence electrons. The summed E-state index contributed by atoms with van der Waals surface area (Å²) in [6.07, 6.45) is 3.07. The fourth-order valence-electron chi connectivity index (χ4n) is 1.99. The second-order valence-corrected chi connectivity index (χ2v) is 7.42. The van der Waals surface area contributed by atoms with E-state index in [1.54, 1.807) is 12.1 Å². The van der Waals surface area contributed by atoms with Gasteiger partial charge < -0.3 is 10.1 Å². The number of ether oxygens (including phenoxy) is 1. The zero-order chi connectivity index (χ0) is 17.5. The van der Waals surface area contributed by atoms with Crippen molar-refractivity contribution in [1.82, 2.24) is 5.32 Å². The van der Waals surface area contributed by atoms with Crippen LogP contribution in [0.5, 0.6) is 5.75 Å². The van der Waals surface area contributed by atoms with Crippen LogP contribution in [0.1, 0.15) is 26.2 Å². The standard InChI is InChI=1S/C15H23ClN2O4S/c1-4-5-9-17-15(19)8-10-18(23(3,20)21)12-6-7-14(22-2)13(16)11-12/h6-7,11H,4-5,8-10H2,1-3H3,(H,17,19). The molecule has 6 nitrogen and oxygen atoms in total. The molecule has 1 N–H and O–H groups in total. The number of carbonyl (C=O) groups is 1. The van der Waals surface area contributed by atoms with E-state index in [1.807, 2.05) is 6.92 Å². The molecule has 0 aromatic heterocycles. The van der Waals surface area contributed by atoms with Gasteiger partial charge in [0, 0.05) is 19.5 Å². The molecule has 0 heterocycles. The molecule has 0 fully saturated rings. The zero-order valence-corrected chi connectivity index (χ0v) is 15.2. The summed E-state index contributed by atoms with van der Waals surface area (Å²) >= 11 is 6.05. The second-order valence-electron chi connectivity index (χ2n) is 5.11. The number of nitrogens with one attached hydrogen (secondary N) is 1. The average molecular weight is 363 g/mol. The monoisotopic (exact) mass is 362 g/mol. The van der Waals surface area contributed by atoms with E-state index < -0.39 is 10.0 Å². The lowest BCUT2D eigenvalue weighted by atomic mass is 10.3. The van der Waals surface area contributed by atoms with Crippen molar-refractivity contribution in [3.8, 4) is 5.75 Å². The SMILES string of the molecule is CCCCNC(=O)CCN(c1ccc(OC)c(Cl)c1)S(C)(=O)=O. The summed E-state index contributed by atoms with van der Waals surface area (Å²) < 4.78 is 30.2. The fourth-order valence-corrected chi connectivity index (χ4v) is 3.16. The third-order valence-corrected chi connectivity index (χ3v) is 4.71. The number of unbranched alkanes of at least 4 members (excludes halogenated alkanes) is 1. The molecule has 1 amide bonds. The summed E-state index contributed by atoms with van der Waals surface area (Å²) in [7, 11) is -2.04. The van der Waals surface area contributed by atoms with Crippen molar-refractivity contribution < 1.29 is 17.9 Å². The van der Waals surface area contributed by atoms with Gasteiger partial charge in [-0.3, -0.25) is 9.10 Å². The highest BCUT2D eigenvalue weighted by Gasteiger charge is 2.19. The molecule has 0 saturated carbocycles. The van der Waals surface area contributed by atoms with Gasteiger partial charge in [0.1, 0.15) is 5.75 Å². The molecule has 0 bridgehead atoms. The van der Waals surface area contributed by atoms with Crippen LogP contribution in [-0.4, -0.2) is 40.8 Å². The summed E-state index contributed by atoms with van der Waals surface area (Å²) in [4.78, 5) is 11.8. The quantitative estimate of drug-likeness (QED) is 0.684. The first-order chi connectivity index (χ1) is 10.8. The maximum Gasteiger partial charge on any atom is 0.232 e. The number of amides is 1. The van der Waals surface area contributed by atoms with Crippen LogP contribution in [0.2, 0.25) is 5.02 Å². The molecule has 8 heteroatoms. The molecule has 0 aliphatic carbocycles. The maximum atomic E-state index is 12.0. The maximum absolute atomic E-state index is 12.0. The van der Waals surface area contributed by atoms with Crippen LogP contribution in [0.25, 0.3) is 0 Å². The molecule has 0 atom stereocenters. The molecule has 0 aliphatic rings. The van der Waals surface area contributed by atoms with Crippen LogP contribution >= 0.6 is 11.6 Å². The summed E-state index contributed by atoms with van der Waals surface area (Å²) in [5.41, 5.74) is 0.402.